The maximum absolute atomic E-state index is 9.78. The fourth-order valence-electron chi connectivity index (χ4n) is 3.68. The second-order valence-electron chi connectivity index (χ2n) is 6.02. The molecule has 120 valence electrons. The van der Waals surface area contributed by atoms with Crippen molar-refractivity contribution in [3.05, 3.63) is 40.6 Å². The van der Waals surface area contributed by atoms with Crippen molar-refractivity contribution in [2.75, 3.05) is 7.11 Å². The minimum absolute atomic E-state index is 0.0314. The van der Waals surface area contributed by atoms with Gasteiger partial charge in [0, 0.05) is 30.6 Å². The number of aromatic nitrogens is 1. The summed E-state index contributed by atoms with van der Waals surface area (Å²) in [5, 5.41) is 19.5. The van der Waals surface area contributed by atoms with Gasteiger partial charge in [0.05, 0.1) is 12.7 Å². The van der Waals surface area contributed by atoms with E-state index in [1.807, 2.05) is 0 Å². The molecule has 2 aliphatic rings. The lowest BCUT2D eigenvalue weighted by molar-refractivity contribution is 0.160. The number of nitrogens with two attached hydrogens (primary N) is 1. The molecular formula is C17H18N2O4. The van der Waals surface area contributed by atoms with E-state index in [0.717, 1.165) is 34.4 Å². The number of pyridine rings is 1. The Labute approximate surface area is 133 Å². The lowest BCUT2D eigenvalue weighted by Crippen LogP contribution is -2.29. The molecule has 2 atom stereocenters. The van der Waals surface area contributed by atoms with Gasteiger partial charge >= 0.3 is 0 Å². The Bertz CT molecular complexity index is 791. The van der Waals surface area contributed by atoms with Gasteiger partial charge in [-0.1, -0.05) is 0 Å². The highest BCUT2D eigenvalue weighted by Gasteiger charge is 2.40. The van der Waals surface area contributed by atoms with Gasteiger partial charge in [-0.3, -0.25) is 0 Å². The fraction of sp³-hybridized carbons (Fsp3) is 0.353. The number of rotatable bonds is 2. The van der Waals surface area contributed by atoms with Gasteiger partial charge in [0.2, 0.25) is 5.88 Å². The maximum Gasteiger partial charge on any atom is 0.221 e. The average Bonchev–Trinajstić information content (AvgIpc) is 2.88. The zero-order valence-electron chi connectivity index (χ0n) is 12.7. The van der Waals surface area contributed by atoms with Crippen LogP contribution in [-0.4, -0.2) is 28.4 Å². The molecule has 1 aliphatic heterocycles. The summed E-state index contributed by atoms with van der Waals surface area (Å²) in [5.74, 6) is 1.22. The topological polar surface area (TPSA) is 97.8 Å². The van der Waals surface area contributed by atoms with Crippen molar-refractivity contribution in [2.45, 2.75) is 31.4 Å². The minimum Gasteiger partial charge on any atom is -0.504 e. The molecule has 2 unspecified atom stereocenters. The first-order valence-corrected chi connectivity index (χ1v) is 7.58. The lowest BCUT2D eigenvalue weighted by atomic mass is 9.89. The Morgan fingerprint density at radius 2 is 2.04 bits per heavy atom. The number of benzene rings is 1. The van der Waals surface area contributed by atoms with E-state index >= 15 is 0 Å². The maximum atomic E-state index is 9.78. The van der Waals surface area contributed by atoms with Crippen LogP contribution < -0.4 is 15.2 Å². The van der Waals surface area contributed by atoms with Crippen molar-refractivity contribution in [3.63, 3.8) is 0 Å². The number of phenols is 2. The third kappa shape index (κ3) is 2.02. The molecule has 0 spiro atoms. The van der Waals surface area contributed by atoms with Gasteiger partial charge in [-0.25, -0.2) is 4.98 Å². The third-order valence-corrected chi connectivity index (χ3v) is 4.77. The van der Waals surface area contributed by atoms with Gasteiger partial charge in [0.1, 0.15) is 11.9 Å². The zero-order valence-corrected chi connectivity index (χ0v) is 12.7. The molecule has 0 fully saturated rings. The third-order valence-electron chi connectivity index (χ3n) is 4.77. The number of fused-ring (bicyclic) bond motifs is 4. The molecule has 1 aliphatic carbocycles. The molecule has 0 saturated carbocycles. The summed E-state index contributed by atoms with van der Waals surface area (Å²) in [7, 11) is 1.57. The molecule has 0 bridgehead atoms. The molecule has 1 aromatic heterocycles. The second kappa shape index (κ2) is 5.03. The Hall–Kier alpha value is -2.47. The van der Waals surface area contributed by atoms with Crippen LogP contribution in [0.5, 0.6) is 23.1 Å². The van der Waals surface area contributed by atoms with Crippen molar-refractivity contribution in [2.24, 2.45) is 5.73 Å². The van der Waals surface area contributed by atoms with Crippen LogP contribution in [0.1, 0.15) is 28.2 Å². The van der Waals surface area contributed by atoms with E-state index in [1.54, 1.807) is 25.4 Å². The van der Waals surface area contributed by atoms with Gasteiger partial charge in [0.15, 0.2) is 11.5 Å². The predicted molar refractivity (Wildman–Crippen MR) is 83.0 cm³/mol. The summed E-state index contributed by atoms with van der Waals surface area (Å²) in [6.45, 7) is 0.297. The number of hydrogen-bond acceptors (Lipinski definition) is 6. The monoisotopic (exact) mass is 314 g/mol. The van der Waals surface area contributed by atoms with Crippen molar-refractivity contribution < 1.29 is 19.7 Å². The van der Waals surface area contributed by atoms with Gasteiger partial charge in [-0.15, -0.1) is 0 Å². The number of methoxy groups -OCH3 is 1. The van der Waals surface area contributed by atoms with Gasteiger partial charge in [-0.05, 0) is 29.7 Å². The summed E-state index contributed by atoms with van der Waals surface area (Å²) < 4.78 is 11.5. The SMILES string of the molecule is COc1ncc2c(c1CN)OC1Cc3cc(O)c(O)cc3C1C2. The highest BCUT2D eigenvalue weighted by Crippen LogP contribution is 2.47. The van der Waals surface area contributed by atoms with E-state index in [1.165, 1.54) is 0 Å². The Morgan fingerprint density at radius 1 is 1.26 bits per heavy atom. The van der Waals surface area contributed by atoms with Gasteiger partial charge in [-0.2, -0.15) is 0 Å². The molecule has 2 heterocycles. The van der Waals surface area contributed by atoms with Gasteiger partial charge in [0.25, 0.3) is 0 Å². The van der Waals surface area contributed by atoms with E-state index in [4.69, 9.17) is 15.2 Å². The first-order chi connectivity index (χ1) is 11.1. The number of phenolic OH excluding ortho intramolecular Hbond substituents is 2. The predicted octanol–water partition coefficient (Wildman–Crippen LogP) is 1.60. The average molecular weight is 314 g/mol. The summed E-state index contributed by atoms with van der Waals surface area (Å²) in [4.78, 5) is 4.31. The summed E-state index contributed by atoms with van der Waals surface area (Å²) >= 11 is 0. The Morgan fingerprint density at radius 3 is 2.78 bits per heavy atom. The summed E-state index contributed by atoms with van der Waals surface area (Å²) in [5.41, 5.74) is 9.66. The number of ether oxygens (including phenoxy) is 2. The number of hydrogen-bond donors (Lipinski definition) is 3. The molecule has 1 aromatic carbocycles. The van der Waals surface area contributed by atoms with Crippen LogP contribution in [0.3, 0.4) is 0 Å². The smallest absolute Gasteiger partial charge is 0.221 e. The van der Waals surface area contributed by atoms with Crippen LogP contribution in [0.25, 0.3) is 0 Å². The first-order valence-electron chi connectivity index (χ1n) is 7.58. The summed E-state index contributed by atoms with van der Waals surface area (Å²) in [6.07, 6.45) is 3.20. The first kappa shape index (κ1) is 14.1. The summed E-state index contributed by atoms with van der Waals surface area (Å²) in [6, 6.07) is 3.27. The van der Waals surface area contributed by atoms with Crippen LogP contribution in [0.2, 0.25) is 0 Å². The Kier molecular flexibility index (Phi) is 3.09. The molecule has 0 saturated heterocycles. The second-order valence-corrected chi connectivity index (χ2v) is 6.02. The van der Waals surface area contributed by atoms with Crippen LogP contribution in [0.4, 0.5) is 0 Å². The van der Waals surface area contributed by atoms with Crippen LogP contribution in [-0.2, 0) is 19.4 Å². The van der Waals surface area contributed by atoms with Crippen molar-refractivity contribution >= 4 is 0 Å². The van der Waals surface area contributed by atoms with Crippen LogP contribution in [0, 0.1) is 0 Å². The largest absolute Gasteiger partial charge is 0.504 e. The lowest BCUT2D eigenvalue weighted by Gasteiger charge is -2.30. The normalized spacial score (nSPS) is 21.1. The molecule has 0 radical (unpaired) electrons. The highest BCUT2D eigenvalue weighted by atomic mass is 16.5. The van der Waals surface area contributed by atoms with Crippen molar-refractivity contribution in [1.82, 2.24) is 4.98 Å². The molecule has 6 nitrogen and oxygen atoms in total. The standard InChI is InChI=1S/C17H18N2O4/c1-22-17-12(6-18)16-9(7-19-17)2-11-10-5-14(21)13(20)3-8(10)4-15(11)23-16/h3,5,7,11,15,20-21H,2,4,6,18H2,1H3. The highest BCUT2D eigenvalue weighted by molar-refractivity contribution is 5.54. The quantitative estimate of drug-likeness (QED) is 0.729. The molecular weight excluding hydrogens is 296 g/mol. The number of nitrogens with zero attached hydrogens (tertiary/aromatic N) is 1. The van der Waals surface area contributed by atoms with Crippen LogP contribution in [0.15, 0.2) is 18.3 Å². The van der Waals surface area contributed by atoms with Crippen molar-refractivity contribution in [1.29, 1.82) is 0 Å². The van der Waals surface area contributed by atoms with E-state index in [2.05, 4.69) is 4.98 Å². The number of aromatic hydroxyl groups is 2. The zero-order chi connectivity index (χ0) is 16.1. The fourth-order valence-corrected chi connectivity index (χ4v) is 3.68. The molecule has 23 heavy (non-hydrogen) atoms. The molecule has 2 aromatic rings. The van der Waals surface area contributed by atoms with E-state index < -0.39 is 0 Å². The minimum atomic E-state index is -0.0919. The van der Waals surface area contributed by atoms with E-state index in [9.17, 15) is 10.2 Å². The van der Waals surface area contributed by atoms with E-state index in [0.29, 0.717) is 18.8 Å². The van der Waals surface area contributed by atoms with Crippen LogP contribution >= 0.6 is 0 Å². The molecule has 4 rings (SSSR count). The molecule has 6 heteroatoms. The molecule has 0 amide bonds. The van der Waals surface area contributed by atoms with Gasteiger partial charge < -0.3 is 25.4 Å². The van der Waals surface area contributed by atoms with Crippen molar-refractivity contribution in [3.8, 4) is 23.1 Å². The molecule has 4 N–H and O–H groups in total. The Balaban J connectivity index is 1.77. The van der Waals surface area contributed by atoms with E-state index in [-0.39, 0.29) is 23.5 Å².